The highest BCUT2D eigenvalue weighted by atomic mass is 35.5. The lowest BCUT2D eigenvalue weighted by molar-refractivity contribution is 0.126. The molecule has 2 bridgehead atoms. The van der Waals surface area contributed by atoms with Gasteiger partial charge < -0.3 is 15.3 Å². The van der Waals surface area contributed by atoms with E-state index in [0.717, 1.165) is 58.4 Å². The predicted molar refractivity (Wildman–Crippen MR) is 124 cm³/mol. The zero-order valence-electron chi connectivity index (χ0n) is 17.3. The van der Waals surface area contributed by atoms with E-state index in [2.05, 4.69) is 25.3 Å². The van der Waals surface area contributed by atoms with Gasteiger partial charge in [-0.2, -0.15) is 0 Å². The van der Waals surface area contributed by atoms with Gasteiger partial charge in [-0.3, -0.25) is 0 Å². The number of aryl methyl sites for hydroxylation is 1. The maximum atomic E-state index is 10.2. The number of benzene rings is 2. The molecule has 7 heteroatoms. The van der Waals surface area contributed by atoms with Crippen LogP contribution in [-0.4, -0.2) is 33.5 Å². The minimum atomic E-state index is -0.232. The summed E-state index contributed by atoms with van der Waals surface area (Å²) >= 11 is 6.27. The van der Waals surface area contributed by atoms with E-state index in [1.54, 1.807) is 0 Å². The quantitative estimate of drug-likeness (QED) is 0.550. The Bertz CT molecular complexity index is 1180. The minimum Gasteiger partial charge on any atom is -0.393 e. The number of aromatic nitrogens is 2. The topological polar surface area (TPSA) is 65.6 Å². The zero-order valence-corrected chi connectivity index (χ0v) is 18.1. The van der Waals surface area contributed by atoms with Gasteiger partial charge in [-0.15, -0.1) is 10.2 Å². The number of anilines is 2. The molecule has 1 aromatic heterocycles. The van der Waals surface area contributed by atoms with Crippen LogP contribution >= 0.6 is 11.6 Å². The maximum absolute atomic E-state index is 10.2. The highest BCUT2D eigenvalue weighted by Crippen LogP contribution is 2.42. The molecule has 2 atom stereocenters. The standard InChI is InChI=1S/C24H24ClN5O/c1-14-3-4-15(9-22(14)25)13-27-23-21-10-16(26-2)5-8-20(21)24(29-28-23)30-17-6-7-18(30)12-19(31)11-17/h3-5,8-10,17-19,31H,6-7,11-13H2,1H3,(H,27,28). The third kappa shape index (κ3) is 3.69. The molecule has 2 fully saturated rings. The van der Waals surface area contributed by atoms with Gasteiger partial charge in [0.05, 0.1) is 12.7 Å². The molecule has 0 saturated carbocycles. The molecule has 2 N–H and O–H groups in total. The van der Waals surface area contributed by atoms with E-state index >= 15 is 0 Å². The number of nitrogens with one attached hydrogen (secondary N) is 1. The first-order valence-electron chi connectivity index (χ1n) is 10.7. The summed E-state index contributed by atoms with van der Waals surface area (Å²) in [6.45, 7) is 9.98. The van der Waals surface area contributed by atoms with Crippen LogP contribution in [0.5, 0.6) is 0 Å². The van der Waals surface area contributed by atoms with Crippen molar-refractivity contribution in [1.29, 1.82) is 0 Å². The molecular formula is C24H24ClN5O. The minimum absolute atomic E-state index is 0.232. The Morgan fingerprint density at radius 3 is 2.61 bits per heavy atom. The van der Waals surface area contributed by atoms with Crippen LogP contribution in [0.2, 0.25) is 5.02 Å². The Morgan fingerprint density at radius 2 is 1.90 bits per heavy atom. The molecule has 3 heterocycles. The number of fused-ring (bicyclic) bond motifs is 3. The lowest BCUT2D eigenvalue weighted by Gasteiger charge is -2.38. The van der Waals surface area contributed by atoms with Crippen LogP contribution in [0, 0.1) is 13.5 Å². The van der Waals surface area contributed by atoms with Gasteiger partial charge in [-0.25, -0.2) is 4.85 Å². The summed E-state index contributed by atoms with van der Waals surface area (Å²) in [4.78, 5) is 5.96. The van der Waals surface area contributed by atoms with E-state index in [1.807, 2.05) is 43.3 Å². The number of aliphatic hydroxyl groups is 1. The monoisotopic (exact) mass is 433 g/mol. The molecule has 2 aliphatic heterocycles. The molecule has 0 amide bonds. The molecule has 3 aromatic rings. The molecule has 2 saturated heterocycles. The van der Waals surface area contributed by atoms with Crippen molar-refractivity contribution in [3.05, 3.63) is 64.0 Å². The molecular weight excluding hydrogens is 410 g/mol. The lowest BCUT2D eigenvalue weighted by atomic mass is 9.99. The van der Waals surface area contributed by atoms with Gasteiger partial charge >= 0.3 is 0 Å². The van der Waals surface area contributed by atoms with Gasteiger partial charge in [0.1, 0.15) is 0 Å². The Hall–Kier alpha value is -2.88. The summed E-state index contributed by atoms with van der Waals surface area (Å²) in [6, 6.07) is 12.3. The largest absolute Gasteiger partial charge is 0.393 e. The summed E-state index contributed by atoms with van der Waals surface area (Å²) in [6.07, 6.45) is 3.45. The third-order valence-electron chi connectivity index (χ3n) is 6.52. The zero-order chi connectivity index (χ0) is 21.5. The number of piperidine rings is 1. The first kappa shape index (κ1) is 20.0. The van der Waals surface area contributed by atoms with Crippen molar-refractivity contribution >= 4 is 39.7 Å². The Kier molecular flexibility index (Phi) is 5.17. The van der Waals surface area contributed by atoms with Crippen LogP contribution in [-0.2, 0) is 6.54 Å². The Balaban J connectivity index is 1.52. The highest BCUT2D eigenvalue weighted by Gasteiger charge is 2.41. The Morgan fingerprint density at radius 1 is 1.13 bits per heavy atom. The first-order chi connectivity index (χ1) is 15.0. The van der Waals surface area contributed by atoms with Crippen LogP contribution in [0.25, 0.3) is 15.6 Å². The van der Waals surface area contributed by atoms with Gasteiger partial charge in [0, 0.05) is 34.4 Å². The van der Waals surface area contributed by atoms with Crippen LogP contribution < -0.4 is 10.2 Å². The fraction of sp³-hybridized carbons (Fsp3) is 0.375. The number of nitrogens with zero attached hydrogens (tertiary/aromatic N) is 4. The van der Waals surface area contributed by atoms with E-state index in [9.17, 15) is 5.11 Å². The molecule has 5 rings (SSSR count). The number of aliphatic hydroxyl groups excluding tert-OH is 1. The molecule has 0 spiro atoms. The maximum Gasteiger partial charge on any atom is 0.188 e. The van der Waals surface area contributed by atoms with Crippen molar-refractivity contribution in [2.24, 2.45) is 0 Å². The van der Waals surface area contributed by atoms with Crippen LogP contribution in [0.15, 0.2) is 36.4 Å². The smallest absolute Gasteiger partial charge is 0.188 e. The van der Waals surface area contributed by atoms with Crippen molar-refractivity contribution < 1.29 is 5.11 Å². The third-order valence-corrected chi connectivity index (χ3v) is 6.93. The van der Waals surface area contributed by atoms with E-state index in [4.69, 9.17) is 18.2 Å². The molecule has 2 unspecified atom stereocenters. The highest BCUT2D eigenvalue weighted by molar-refractivity contribution is 6.31. The number of hydrogen-bond donors (Lipinski definition) is 2. The average molecular weight is 434 g/mol. The Labute approximate surface area is 186 Å². The van der Waals surface area contributed by atoms with Crippen LogP contribution in [0.4, 0.5) is 17.3 Å². The van der Waals surface area contributed by atoms with Crippen molar-refractivity contribution in [1.82, 2.24) is 10.2 Å². The number of rotatable bonds is 4. The van der Waals surface area contributed by atoms with Gasteiger partial charge in [0.25, 0.3) is 0 Å². The van der Waals surface area contributed by atoms with Gasteiger partial charge in [-0.05, 0) is 55.9 Å². The second-order valence-corrected chi connectivity index (χ2v) is 8.98. The van der Waals surface area contributed by atoms with E-state index in [1.165, 1.54) is 0 Å². The molecule has 158 valence electrons. The lowest BCUT2D eigenvalue weighted by Crippen LogP contribution is -2.45. The van der Waals surface area contributed by atoms with Crippen molar-refractivity contribution in [3.63, 3.8) is 0 Å². The number of halogens is 1. The van der Waals surface area contributed by atoms with Gasteiger partial charge in [0.2, 0.25) is 0 Å². The molecule has 2 aromatic carbocycles. The predicted octanol–water partition coefficient (Wildman–Crippen LogP) is 5.25. The summed E-state index contributed by atoms with van der Waals surface area (Å²) in [5.41, 5.74) is 2.67. The van der Waals surface area contributed by atoms with Gasteiger partial charge in [0.15, 0.2) is 17.3 Å². The average Bonchev–Trinajstić information content (AvgIpc) is 3.04. The summed E-state index contributed by atoms with van der Waals surface area (Å²) in [7, 11) is 0. The number of hydrogen-bond acceptors (Lipinski definition) is 5. The van der Waals surface area contributed by atoms with E-state index in [0.29, 0.717) is 30.1 Å². The summed E-state index contributed by atoms with van der Waals surface area (Å²) < 4.78 is 0. The molecule has 31 heavy (non-hydrogen) atoms. The molecule has 0 radical (unpaired) electrons. The van der Waals surface area contributed by atoms with Crippen LogP contribution in [0.1, 0.15) is 36.8 Å². The van der Waals surface area contributed by atoms with Crippen molar-refractivity contribution in [3.8, 4) is 0 Å². The second kappa shape index (κ2) is 7.99. The first-order valence-corrected chi connectivity index (χ1v) is 11.0. The van der Waals surface area contributed by atoms with E-state index in [-0.39, 0.29) is 6.10 Å². The van der Waals surface area contributed by atoms with Gasteiger partial charge in [-0.1, -0.05) is 35.9 Å². The fourth-order valence-electron chi connectivity index (χ4n) is 4.95. The molecule has 0 aliphatic carbocycles. The molecule has 6 nitrogen and oxygen atoms in total. The molecule has 2 aliphatic rings. The van der Waals surface area contributed by atoms with Crippen LogP contribution in [0.3, 0.4) is 0 Å². The summed E-state index contributed by atoms with van der Waals surface area (Å²) in [5, 5.41) is 25.3. The normalized spacial score (nSPS) is 22.5. The second-order valence-electron chi connectivity index (χ2n) is 8.57. The summed E-state index contributed by atoms with van der Waals surface area (Å²) in [5.74, 6) is 1.51. The van der Waals surface area contributed by atoms with Crippen molar-refractivity contribution in [2.75, 3.05) is 10.2 Å². The fourth-order valence-corrected chi connectivity index (χ4v) is 5.15. The SMILES string of the molecule is [C-]#[N+]c1ccc2c(N3C4CCC3CC(O)C4)nnc(NCc3ccc(C)c(Cl)c3)c2c1. The van der Waals surface area contributed by atoms with E-state index < -0.39 is 0 Å². The van der Waals surface area contributed by atoms with Crippen molar-refractivity contribution in [2.45, 2.75) is 57.3 Å².